The molecule has 0 atom stereocenters. The lowest BCUT2D eigenvalue weighted by atomic mass is 10.1. The highest BCUT2D eigenvalue weighted by Gasteiger charge is 2.17. The third kappa shape index (κ3) is 6.35. The Morgan fingerprint density at radius 2 is 1.62 bits per heavy atom. The van der Waals surface area contributed by atoms with E-state index in [0.717, 1.165) is 26.1 Å². The zero-order valence-corrected chi connectivity index (χ0v) is 15.7. The number of nitrogens with one attached hydrogen (secondary N) is 1. The summed E-state index contributed by atoms with van der Waals surface area (Å²) < 4.78 is 0. The van der Waals surface area contributed by atoms with Gasteiger partial charge in [-0.1, -0.05) is 48.5 Å². The Labute approximate surface area is 135 Å². The molecule has 0 radical (unpaired) electrons. The summed E-state index contributed by atoms with van der Waals surface area (Å²) in [5.41, 5.74) is 1.26. The summed E-state index contributed by atoms with van der Waals surface area (Å²) in [6.45, 7) is 18.8. The number of hydrogen-bond acceptors (Lipinski definition) is 4. The van der Waals surface area contributed by atoms with E-state index >= 15 is 0 Å². The van der Waals surface area contributed by atoms with Gasteiger partial charge >= 0.3 is 0 Å². The van der Waals surface area contributed by atoms with Crippen molar-refractivity contribution in [1.29, 1.82) is 0 Å². The van der Waals surface area contributed by atoms with Crippen molar-refractivity contribution >= 4 is 16.5 Å². The van der Waals surface area contributed by atoms with Gasteiger partial charge in [0.2, 0.25) is 0 Å². The Bertz CT molecular complexity index is 400. The summed E-state index contributed by atoms with van der Waals surface area (Å²) >= 11 is 1.87. The average molecular weight is 312 g/mol. The fourth-order valence-corrected chi connectivity index (χ4v) is 3.45. The number of nitrogens with zero attached hydrogens (tertiary/aromatic N) is 2. The quantitative estimate of drug-likeness (QED) is 0.736. The lowest BCUT2D eigenvalue weighted by Crippen LogP contribution is -2.31. The topological polar surface area (TPSA) is 28.2 Å². The number of thiazole rings is 1. The first-order valence-corrected chi connectivity index (χ1v) is 9.12. The van der Waals surface area contributed by atoms with Crippen LogP contribution in [0, 0.1) is 11.8 Å². The summed E-state index contributed by atoms with van der Waals surface area (Å²) in [6.07, 6.45) is 1.02. The molecule has 4 heteroatoms. The summed E-state index contributed by atoms with van der Waals surface area (Å²) in [7, 11) is 0. The van der Waals surface area contributed by atoms with Gasteiger partial charge < -0.3 is 10.2 Å². The summed E-state index contributed by atoms with van der Waals surface area (Å²) in [5, 5.41) is 4.73. The molecule has 0 unspecified atom stereocenters. The van der Waals surface area contributed by atoms with Crippen molar-refractivity contribution in [3.8, 4) is 0 Å². The Hall–Kier alpha value is -0.610. The van der Waals surface area contributed by atoms with Crippen LogP contribution in [0.25, 0.3) is 0 Å². The lowest BCUT2D eigenvalue weighted by molar-refractivity contribution is 0.551. The highest BCUT2D eigenvalue weighted by molar-refractivity contribution is 7.15. The molecule has 0 bridgehead atoms. The largest absolute Gasteiger partial charge is 0.348 e. The Kier molecular flexibility index (Phi) is 7.67. The van der Waals surface area contributed by atoms with E-state index in [9.17, 15) is 0 Å². The van der Waals surface area contributed by atoms with Crippen molar-refractivity contribution in [3.05, 3.63) is 10.6 Å². The molecule has 3 nitrogen and oxygen atoms in total. The molecule has 0 aliphatic rings. The van der Waals surface area contributed by atoms with Crippen molar-refractivity contribution in [2.45, 2.75) is 67.5 Å². The van der Waals surface area contributed by atoms with Crippen LogP contribution in [-0.2, 0) is 13.0 Å². The second-order valence-electron chi connectivity index (χ2n) is 6.95. The molecule has 0 aliphatic carbocycles. The van der Waals surface area contributed by atoms with Gasteiger partial charge in [0, 0.05) is 30.6 Å². The third-order valence-electron chi connectivity index (χ3n) is 3.21. The molecule has 0 saturated carbocycles. The third-order valence-corrected chi connectivity index (χ3v) is 4.37. The monoisotopic (exact) mass is 311 g/mol. The van der Waals surface area contributed by atoms with Gasteiger partial charge in [-0.2, -0.15) is 0 Å². The van der Waals surface area contributed by atoms with E-state index < -0.39 is 0 Å². The normalized spacial score (nSPS) is 11.9. The van der Waals surface area contributed by atoms with Gasteiger partial charge in [-0.15, -0.1) is 11.3 Å². The summed E-state index contributed by atoms with van der Waals surface area (Å²) in [4.78, 5) is 8.79. The highest BCUT2D eigenvalue weighted by atomic mass is 32.1. The van der Waals surface area contributed by atoms with Crippen molar-refractivity contribution < 1.29 is 0 Å². The molecule has 21 heavy (non-hydrogen) atoms. The van der Waals surface area contributed by atoms with Crippen LogP contribution in [0.5, 0.6) is 0 Å². The van der Waals surface area contributed by atoms with Gasteiger partial charge in [-0.25, -0.2) is 4.98 Å². The van der Waals surface area contributed by atoms with E-state index in [-0.39, 0.29) is 0 Å². The molecule has 0 aliphatic heterocycles. The van der Waals surface area contributed by atoms with Crippen LogP contribution >= 0.6 is 11.3 Å². The maximum atomic E-state index is 4.92. The fraction of sp³-hybridized carbons (Fsp3) is 0.824. The Morgan fingerprint density at radius 1 is 1.05 bits per heavy atom. The van der Waals surface area contributed by atoms with E-state index in [1.165, 1.54) is 15.7 Å². The highest BCUT2D eigenvalue weighted by Crippen LogP contribution is 2.28. The van der Waals surface area contributed by atoms with Crippen LogP contribution in [0.4, 0.5) is 5.13 Å². The number of hydrogen-bond donors (Lipinski definition) is 1. The molecule has 0 saturated heterocycles. The first-order valence-electron chi connectivity index (χ1n) is 8.30. The van der Waals surface area contributed by atoms with Crippen molar-refractivity contribution in [2.75, 3.05) is 18.0 Å². The SMILES string of the molecule is CCc1nc(N(CC(C)C)CC(C)C)sc1CNC(C)C. The minimum absolute atomic E-state index is 0.516. The van der Waals surface area contributed by atoms with Crippen LogP contribution in [0.3, 0.4) is 0 Å². The molecule has 1 aromatic heterocycles. The van der Waals surface area contributed by atoms with Crippen molar-refractivity contribution in [1.82, 2.24) is 10.3 Å². The first-order chi connectivity index (χ1) is 9.83. The molecular formula is C17H33N3S. The summed E-state index contributed by atoms with van der Waals surface area (Å²) in [5.74, 6) is 1.32. The Balaban J connectivity index is 2.91. The van der Waals surface area contributed by atoms with E-state index in [2.05, 4.69) is 58.7 Å². The predicted octanol–water partition coefficient (Wildman–Crippen LogP) is 4.32. The van der Waals surface area contributed by atoms with Gasteiger partial charge in [-0.3, -0.25) is 0 Å². The molecule has 1 N–H and O–H groups in total. The molecule has 1 heterocycles. The molecule has 0 amide bonds. The Morgan fingerprint density at radius 3 is 2.05 bits per heavy atom. The zero-order chi connectivity index (χ0) is 16.0. The number of aromatic nitrogens is 1. The van der Waals surface area contributed by atoms with Crippen LogP contribution in [0.1, 0.15) is 59.0 Å². The molecule has 122 valence electrons. The number of rotatable bonds is 9. The molecule has 1 aromatic rings. The second-order valence-corrected chi connectivity index (χ2v) is 8.01. The van der Waals surface area contributed by atoms with E-state index in [1.807, 2.05) is 11.3 Å². The van der Waals surface area contributed by atoms with Gasteiger partial charge in [0.15, 0.2) is 5.13 Å². The number of aryl methyl sites for hydroxylation is 1. The fourth-order valence-electron chi connectivity index (χ4n) is 2.33. The minimum Gasteiger partial charge on any atom is -0.348 e. The van der Waals surface area contributed by atoms with Gasteiger partial charge in [0.25, 0.3) is 0 Å². The molecular weight excluding hydrogens is 278 g/mol. The maximum Gasteiger partial charge on any atom is 0.185 e. The van der Waals surface area contributed by atoms with Gasteiger partial charge in [-0.05, 0) is 18.3 Å². The number of anilines is 1. The van der Waals surface area contributed by atoms with Crippen LogP contribution in [0.2, 0.25) is 0 Å². The predicted molar refractivity (Wildman–Crippen MR) is 95.4 cm³/mol. The maximum absolute atomic E-state index is 4.92. The van der Waals surface area contributed by atoms with Gasteiger partial charge in [0.05, 0.1) is 5.69 Å². The van der Waals surface area contributed by atoms with Crippen molar-refractivity contribution in [3.63, 3.8) is 0 Å². The van der Waals surface area contributed by atoms with Crippen LogP contribution in [-0.4, -0.2) is 24.1 Å². The first kappa shape index (κ1) is 18.4. The smallest absolute Gasteiger partial charge is 0.185 e. The van der Waals surface area contributed by atoms with Crippen LogP contribution < -0.4 is 10.2 Å². The molecule has 1 rings (SSSR count). The average Bonchev–Trinajstić information content (AvgIpc) is 2.77. The molecule has 0 aromatic carbocycles. The summed E-state index contributed by atoms with van der Waals surface area (Å²) in [6, 6.07) is 0.516. The molecule has 0 fully saturated rings. The lowest BCUT2D eigenvalue weighted by Gasteiger charge is -2.25. The van der Waals surface area contributed by atoms with Gasteiger partial charge in [0.1, 0.15) is 0 Å². The standard InChI is InChI=1S/C17H33N3S/c1-8-15-16(9-18-14(6)7)21-17(19-15)20(10-12(2)3)11-13(4)5/h12-14,18H,8-11H2,1-7H3. The zero-order valence-electron chi connectivity index (χ0n) is 14.9. The second kappa shape index (κ2) is 8.74. The van der Waals surface area contributed by atoms with Crippen LogP contribution in [0.15, 0.2) is 0 Å². The van der Waals surface area contributed by atoms with E-state index in [1.54, 1.807) is 0 Å². The molecule has 0 spiro atoms. The minimum atomic E-state index is 0.516. The van der Waals surface area contributed by atoms with E-state index in [0.29, 0.717) is 17.9 Å². The van der Waals surface area contributed by atoms with E-state index in [4.69, 9.17) is 4.98 Å². The van der Waals surface area contributed by atoms with Crippen molar-refractivity contribution in [2.24, 2.45) is 11.8 Å².